The molecular weight excluding hydrogens is 550 g/mol. The number of carbonyl (C=O) groups is 1. The van der Waals surface area contributed by atoms with Crippen LogP contribution in [0.1, 0.15) is 36.3 Å². The van der Waals surface area contributed by atoms with Gasteiger partial charge in [0.15, 0.2) is 5.82 Å². The molecule has 0 radical (unpaired) electrons. The molecule has 2 saturated heterocycles. The largest absolute Gasteiger partial charge is 0.462 e. The summed E-state index contributed by atoms with van der Waals surface area (Å²) in [6, 6.07) is 6.66. The van der Waals surface area contributed by atoms with Gasteiger partial charge in [-0.05, 0) is 86.0 Å². The molecular formula is C33H34F2N6O2. The molecule has 7 rings (SSSR count). The summed E-state index contributed by atoms with van der Waals surface area (Å²) in [4.78, 5) is 31.3. The molecule has 8 nitrogen and oxygen atoms in total. The lowest BCUT2D eigenvalue weighted by Crippen LogP contribution is -2.56. The van der Waals surface area contributed by atoms with Crippen molar-refractivity contribution in [1.29, 1.82) is 0 Å². The second-order valence-electron chi connectivity index (χ2n) is 12.2. The number of likely N-dealkylation sites (tertiary alicyclic amines) is 1. The summed E-state index contributed by atoms with van der Waals surface area (Å²) in [6.45, 7) is 13.8. The van der Waals surface area contributed by atoms with Gasteiger partial charge < -0.3 is 24.3 Å². The van der Waals surface area contributed by atoms with Crippen molar-refractivity contribution in [3.8, 4) is 17.1 Å². The Balaban J connectivity index is 1.30. The molecule has 10 heteroatoms. The average molecular weight is 585 g/mol. The molecule has 4 atom stereocenters. The van der Waals surface area contributed by atoms with Crippen LogP contribution in [0.4, 0.5) is 14.6 Å². The molecule has 222 valence electrons. The summed E-state index contributed by atoms with van der Waals surface area (Å²) in [6.07, 6.45) is 5.13. The number of rotatable bonds is 7. The SMILES string of the molecule is [C-]#[N+]C[C@H]1CN(c2nc(OC[C@@H]3CCCN3C)nc3c(F)c(-c4ccc(F)c5c4C[C@H]4C[C@@H]54)ccc23)CCN1C(=O)C=C. The van der Waals surface area contributed by atoms with E-state index in [4.69, 9.17) is 16.3 Å². The number of hydrogen-bond donors (Lipinski definition) is 0. The van der Waals surface area contributed by atoms with Crippen LogP contribution in [0.5, 0.6) is 6.01 Å². The van der Waals surface area contributed by atoms with Crippen LogP contribution < -0.4 is 9.64 Å². The molecule has 1 saturated carbocycles. The van der Waals surface area contributed by atoms with Gasteiger partial charge in [0.2, 0.25) is 12.5 Å². The molecule has 2 aromatic carbocycles. The van der Waals surface area contributed by atoms with Gasteiger partial charge in [-0.15, -0.1) is 0 Å². The molecule has 3 aromatic rings. The number of piperazine rings is 1. The van der Waals surface area contributed by atoms with Crippen LogP contribution in [0.3, 0.4) is 0 Å². The highest BCUT2D eigenvalue weighted by Crippen LogP contribution is 2.58. The first-order valence-electron chi connectivity index (χ1n) is 15.0. The van der Waals surface area contributed by atoms with E-state index in [1.54, 1.807) is 17.0 Å². The molecule has 2 aliphatic heterocycles. The summed E-state index contributed by atoms with van der Waals surface area (Å²) in [7, 11) is 2.06. The first-order chi connectivity index (χ1) is 20.9. The van der Waals surface area contributed by atoms with Crippen molar-refractivity contribution in [2.75, 3.05) is 51.3 Å². The molecule has 3 fully saturated rings. The number of nitrogens with zero attached hydrogens (tertiary/aromatic N) is 6. The van der Waals surface area contributed by atoms with Gasteiger partial charge in [0.25, 0.3) is 0 Å². The van der Waals surface area contributed by atoms with Gasteiger partial charge in [-0.1, -0.05) is 18.7 Å². The Labute approximate surface area is 249 Å². The van der Waals surface area contributed by atoms with Crippen molar-refractivity contribution in [2.24, 2.45) is 5.92 Å². The number of anilines is 1. The van der Waals surface area contributed by atoms with Gasteiger partial charge in [-0.3, -0.25) is 4.79 Å². The second kappa shape index (κ2) is 10.9. The fraction of sp³-hybridized carbons (Fsp3) is 0.455. The van der Waals surface area contributed by atoms with E-state index in [0.717, 1.165) is 43.4 Å². The maximum atomic E-state index is 16.6. The summed E-state index contributed by atoms with van der Waals surface area (Å²) in [5.41, 5.74) is 2.90. The number of aromatic nitrogens is 2. The van der Waals surface area contributed by atoms with E-state index in [1.165, 1.54) is 12.1 Å². The van der Waals surface area contributed by atoms with Crippen LogP contribution in [-0.2, 0) is 11.2 Å². The monoisotopic (exact) mass is 584 g/mol. The highest BCUT2D eigenvalue weighted by molar-refractivity contribution is 5.94. The van der Waals surface area contributed by atoms with E-state index in [9.17, 15) is 9.18 Å². The lowest BCUT2D eigenvalue weighted by molar-refractivity contribution is -0.128. The van der Waals surface area contributed by atoms with Gasteiger partial charge in [-0.25, -0.2) is 15.4 Å². The van der Waals surface area contributed by atoms with E-state index in [1.807, 2.05) is 11.0 Å². The van der Waals surface area contributed by atoms with Crippen LogP contribution in [0.15, 0.2) is 36.9 Å². The number of fused-ring (bicyclic) bond motifs is 4. The van der Waals surface area contributed by atoms with Crippen LogP contribution in [-0.4, -0.2) is 84.1 Å². The molecule has 1 aromatic heterocycles. The highest BCUT2D eigenvalue weighted by atomic mass is 19.1. The smallest absolute Gasteiger partial charge is 0.319 e. The van der Waals surface area contributed by atoms with Gasteiger partial charge in [0.05, 0.1) is 0 Å². The summed E-state index contributed by atoms with van der Waals surface area (Å²) >= 11 is 0. The fourth-order valence-corrected chi connectivity index (χ4v) is 7.31. The van der Waals surface area contributed by atoms with Crippen molar-refractivity contribution in [3.05, 3.63) is 71.1 Å². The number of benzene rings is 2. The molecule has 1 amide bonds. The van der Waals surface area contributed by atoms with E-state index < -0.39 is 5.82 Å². The van der Waals surface area contributed by atoms with Gasteiger partial charge in [0, 0.05) is 36.6 Å². The molecule has 0 unspecified atom stereocenters. The highest BCUT2D eigenvalue weighted by Gasteiger charge is 2.47. The minimum absolute atomic E-state index is 0.0933. The normalized spacial score (nSPS) is 24.5. The maximum absolute atomic E-state index is 16.6. The zero-order valence-corrected chi connectivity index (χ0v) is 24.2. The van der Waals surface area contributed by atoms with Crippen molar-refractivity contribution >= 4 is 22.6 Å². The van der Waals surface area contributed by atoms with Crippen LogP contribution in [0, 0.1) is 24.1 Å². The minimum Gasteiger partial charge on any atom is -0.462 e. The summed E-state index contributed by atoms with van der Waals surface area (Å²) in [5, 5.41) is 0.526. The number of amides is 1. The lowest BCUT2D eigenvalue weighted by Gasteiger charge is -2.39. The topological polar surface area (TPSA) is 66.2 Å². The number of carbonyl (C=O) groups excluding carboxylic acids is 1. The summed E-state index contributed by atoms with van der Waals surface area (Å²) < 4.78 is 37.5. The number of likely N-dealkylation sites (N-methyl/N-ethyl adjacent to an activating group) is 1. The molecule has 3 heterocycles. The minimum atomic E-state index is -0.489. The van der Waals surface area contributed by atoms with Crippen LogP contribution >= 0.6 is 0 Å². The number of ether oxygens (including phenoxy) is 1. The molecule has 4 aliphatic rings. The predicted octanol–water partition coefficient (Wildman–Crippen LogP) is 4.83. The van der Waals surface area contributed by atoms with Crippen molar-refractivity contribution in [1.82, 2.24) is 19.8 Å². The molecule has 43 heavy (non-hydrogen) atoms. The van der Waals surface area contributed by atoms with Crippen molar-refractivity contribution in [3.63, 3.8) is 0 Å². The average Bonchev–Trinajstić information content (AvgIpc) is 3.47. The molecule has 0 N–H and O–H groups in total. The Morgan fingerprint density at radius 1 is 1.16 bits per heavy atom. The van der Waals surface area contributed by atoms with Gasteiger partial charge in [0.1, 0.15) is 29.8 Å². The van der Waals surface area contributed by atoms with Crippen LogP contribution in [0.25, 0.3) is 26.9 Å². The molecule has 0 bridgehead atoms. The van der Waals surface area contributed by atoms with E-state index in [-0.39, 0.29) is 47.8 Å². The zero-order chi connectivity index (χ0) is 29.8. The summed E-state index contributed by atoms with van der Waals surface area (Å²) in [5.74, 6) is 0.298. The van der Waals surface area contributed by atoms with E-state index in [0.29, 0.717) is 54.5 Å². The third-order valence-corrected chi connectivity index (χ3v) is 9.74. The fourth-order valence-electron chi connectivity index (χ4n) is 7.31. The Morgan fingerprint density at radius 3 is 2.77 bits per heavy atom. The van der Waals surface area contributed by atoms with Crippen molar-refractivity contribution < 1.29 is 18.3 Å². The quantitative estimate of drug-likeness (QED) is 0.293. The third kappa shape index (κ3) is 4.80. The Morgan fingerprint density at radius 2 is 2.00 bits per heavy atom. The standard InChI is InChI=1S/C33H34F2N6O2/c1-4-28(42)41-13-12-40(17-21(41)16-36-2)32-24-8-7-23(22-9-10-27(34)29-25-14-19(25)15-26(22)29)30(35)31(24)37-33(38-32)43-18-20-6-5-11-39(20)3/h4,7-10,19-21,25H,1,5-6,11-18H2,3H3/t19-,20+,21+,25-/m1/s1. The van der Waals surface area contributed by atoms with Gasteiger partial charge >= 0.3 is 6.01 Å². The van der Waals surface area contributed by atoms with Crippen LogP contribution in [0.2, 0.25) is 0 Å². The third-order valence-electron chi connectivity index (χ3n) is 9.74. The Hall–Kier alpha value is -4.10. The van der Waals surface area contributed by atoms with E-state index >= 15 is 4.39 Å². The second-order valence-corrected chi connectivity index (χ2v) is 12.2. The van der Waals surface area contributed by atoms with Crippen molar-refractivity contribution in [2.45, 2.75) is 43.7 Å². The molecule has 2 aliphatic carbocycles. The zero-order valence-electron chi connectivity index (χ0n) is 24.2. The first kappa shape index (κ1) is 27.7. The predicted molar refractivity (Wildman–Crippen MR) is 160 cm³/mol. The number of halogens is 2. The Kier molecular flexibility index (Phi) is 7.01. The first-order valence-corrected chi connectivity index (χ1v) is 15.0. The maximum Gasteiger partial charge on any atom is 0.319 e. The molecule has 0 spiro atoms. The Bertz CT molecular complexity index is 1670. The lowest BCUT2D eigenvalue weighted by atomic mass is 9.93. The number of hydrogen-bond acceptors (Lipinski definition) is 6. The van der Waals surface area contributed by atoms with E-state index in [2.05, 4.69) is 28.4 Å². The van der Waals surface area contributed by atoms with Gasteiger partial charge in [-0.2, -0.15) is 9.97 Å².